The fourth-order valence-electron chi connectivity index (χ4n) is 5.42. The Morgan fingerprint density at radius 3 is 2.72 bits per heavy atom. The molecule has 2 aliphatic rings. The van der Waals surface area contributed by atoms with E-state index >= 15 is 4.39 Å². The zero-order chi connectivity index (χ0) is 27.3. The SMILES string of the molecule is Cc1nc2c(F)cc(-c3nc(Nc4ccc5c(n4)CCN(C[C@H](O)CN(C)C)C5)ncc3F)cc2n1C1CC1. The summed E-state index contributed by atoms with van der Waals surface area (Å²) < 4.78 is 31.9. The lowest BCUT2D eigenvalue weighted by Gasteiger charge is -2.30. The van der Waals surface area contributed by atoms with Gasteiger partial charge in [-0.3, -0.25) is 4.90 Å². The van der Waals surface area contributed by atoms with E-state index in [1.54, 1.807) is 6.07 Å². The summed E-state index contributed by atoms with van der Waals surface area (Å²) in [4.78, 5) is 21.8. The van der Waals surface area contributed by atoms with Crippen LogP contribution in [0.15, 0.2) is 30.5 Å². The van der Waals surface area contributed by atoms with Gasteiger partial charge < -0.3 is 19.9 Å². The van der Waals surface area contributed by atoms with Crippen molar-refractivity contribution in [3.05, 3.63) is 59.2 Å². The van der Waals surface area contributed by atoms with Crippen molar-refractivity contribution in [3.63, 3.8) is 0 Å². The van der Waals surface area contributed by atoms with Crippen molar-refractivity contribution in [1.82, 2.24) is 34.3 Å². The van der Waals surface area contributed by atoms with Gasteiger partial charge in [0.05, 0.1) is 17.8 Å². The second-order valence-corrected chi connectivity index (χ2v) is 10.8. The van der Waals surface area contributed by atoms with Crippen molar-refractivity contribution in [3.8, 4) is 11.3 Å². The summed E-state index contributed by atoms with van der Waals surface area (Å²) in [5.74, 6) is 0.341. The van der Waals surface area contributed by atoms with E-state index in [4.69, 9.17) is 4.98 Å². The number of aliphatic hydroxyl groups excluding tert-OH is 1. The molecular formula is C28H32F2N8O. The van der Waals surface area contributed by atoms with Crippen molar-refractivity contribution in [2.24, 2.45) is 0 Å². The van der Waals surface area contributed by atoms with Gasteiger partial charge in [0.25, 0.3) is 0 Å². The Bertz CT molecular complexity index is 1530. The lowest BCUT2D eigenvalue weighted by atomic mass is 10.1. The summed E-state index contributed by atoms with van der Waals surface area (Å²) in [6, 6.07) is 7.18. The number of fused-ring (bicyclic) bond motifs is 2. The minimum absolute atomic E-state index is 0.0133. The Kier molecular flexibility index (Phi) is 6.74. The van der Waals surface area contributed by atoms with Crippen molar-refractivity contribution in [1.29, 1.82) is 0 Å². The highest BCUT2D eigenvalue weighted by molar-refractivity contribution is 5.83. The Balaban J connectivity index is 1.22. The highest BCUT2D eigenvalue weighted by atomic mass is 19.1. The van der Waals surface area contributed by atoms with Crippen LogP contribution in [0.2, 0.25) is 0 Å². The average molecular weight is 535 g/mol. The monoisotopic (exact) mass is 534 g/mol. The molecule has 204 valence electrons. The fraction of sp³-hybridized carbons (Fsp3) is 0.429. The summed E-state index contributed by atoms with van der Waals surface area (Å²) in [5.41, 5.74) is 3.36. The molecule has 0 bridgehead atoms. The summed E-state index contributed by atoms with van der Waals surface area (Å²) in [6.07, 6.45) is 3.48. The van der Waals surface area contributed by atoms with Crippen LogP contribution in [-0.2, 0) is 13.0 Å². The first kappa shape index (κ1) is 25.7. The van der Waals surface area contributed by atoms with Crippen LogP contribution in [0.4, 0.5) is 20.5 Å². The van der Waals surface area contributed by atoms with Crippen molar-refractivity contribution >= 4 is 22.8 Å². The average Bonchev–Trinajstić information content (AvgIpc) is 3.66. The molecule has 4 aromatic rings. The highest BCUT2D eigenvalue weighted by Crippen LogP contribution is 2.40. The molecule has 1 fully saturated rings. The predicted octanol–water partition coefficient (Wildman–Crippen LogP) is 3.83. The van der Waals surface area contributed by atoms with Gasteiger partial charge in [-0.25, -0.2) is 28.7 Å². The Morgan fingerprint density at radius 2 is 1.95 bits per heavy atom. The molecule has 0 amide bonds. The molecule has 1 saturated carbocycles. The number of nitrogens with zero attached hydrogens (tertiary/aromatic N) is 7. The van der Waals surface area contributed by atoms with E-state index in [1.165, 1.54) is 6.07 Å². The van der Waals surface area contributed by atoms with Crippen LogP contribution in [0.5, 0.6) is 0 Å². The number of imidazole rings is 1. The Labute approximate surface area is 225 Å². The number of benzene rings is 1. The quantitative estimate of drug-likeness (QED) is 0.352. The van der Waals surface area contributed by atoms with Gasteiger partial charge in [-0.15, -0.1) is 0 Å². The van der Waals surface area contributed by atoms with E-state index in [-0.39, 0.29) is 11.6 Å². The molecule has 11 heteroatoms. The number of hydrogen-bond acceptors (Lipinski definition) is 8. The third-order valence-electron chi connectivity index (χ3n) is 7.27. The number of nitrogens with one attached hydrogen (secondary N) is 1. The first-order chi connectivity index (χ1) is 18.7. The molecule has 4 heterocycles. The van der Waals surface area contributed by atoms with E-state index < -0.39 is 17.7 Å². The highest BCUT2D eigenvalue weighted by Gasteiger charge is 2.28. The standard InChI is InChI=1S/C28H32F2N8O/c1-16-32-27-21(29)10-18(11-24(27)38(16)19-5-6-19)26-22(30)12-31-28(35-26)34-25-7-4-17-13-37(9-8-23(17)33-25)15-20(39)14-36(2)3/h4,7,10-12,19-20,39H,5-6,8-9,13-15H2,1-3H3,(H,31,33,34,35)/t20-/m1/s1. The van der Waals surface area contributed by atoms with Gasteiger partial charge in [0.2, 0.25) is 5.95 Å². The van der Waals surface area contributed by atoms with Crippen LogP contribution in [0, 0.1) is 18.6 Å². The van der Waals surface area contributed by atoms with Crippen molar-refractivity contribution < 1.29 is 13.9 Å². The van der Waals surface area contributed by atoms with Gasteiger partial charge in [0.15, 0.2) is 11.6 Å². The lowest BCUT2D eigenvalue weighted by molar-refractivity contribution is 0.0828. The van der Waals surface area contributed by atoms with Crippen LogP contribution >= 0.6 is 0 Å². The summed E-state index contributed by atoms with van der Waals surface area (Å²) >= 11 is 0. The number of aliphatic hydroxyl groups is 1. The first-order valence-electron chi connectivity index (χ1n) is 13.3. The van der Waals surface area contributed by atoms with Gasteiger partial charge in [-0.2, -0.15) is 0 Å². The van der Waals surface area contributed by atoms with Crippen molar-refractivity contribution in [2.75, 3.05) is 39.0 Å². The maximum Gasteiger partial charge on any atom is 0.229 e. The number of pyridine rings is 1. The van der Waals surface area contributed by atoms with Crippen LogP contribution in [0.1, 0.15) is 36.0 Å². The molecule has 1 aromatic carbocycles. The van der Waals surface area contributed by atoms with Crippen LogP contribution < -0.4 is 5.32 Å². The topological polar surface area (TPSA) is 95.2 Å². The molecule has 1 aliphatic heterocycles. The van der Waals surface area contributed by atoms with E-state index in [9.17, 15) is 9.50 Å². The molecule has 6 rings (SSSR count). The molecule has 3 aromatic heterocycles. The normalized spacial score (nSPS) is 16.6. The fourth-order valence-corrected chi connectivity index (χ4v) is 5.42. The van der Waals surface area contributed by atoms with Gasteiger partial charge in [0, 0.05) is 49.9 Å². The minimum atomic E-state index is -0.636. The number of β-amino-alcohol motifs (C(OH)–C–C–N with tert-alkyl or cyclic N) is 1. The molecule has 9 nitrogen and oxygen atoms in total. The molecule has 0 saturated heterocycles. The summed E-state index contributed by atoms with van der Waals surface area (Å²) in [6.45, 7) is 4.61. The maximum absolute atomic E-state index is 15.0. The molecule has 0 spiro atoms. The van der Waals surface area contributed by atoms with E-state index in [2.05, 4.69) is 25.2 Å². The number of aromatic nitrogens is 5. The van der Waals surface area contributed by atoms with Gasteiger partial charge in [-0.1, -0.05) is 6.07 Å². The van der Waals surface area contributed by atoms with Gasteiger partial charge in [0.1, 0.15) is 22.9 Å². The molecule has 1 aliphatic carbocycles. The lowest BCUT2D eigenvalue weighted by Crippen LogP contribution is -2.40. The number of hydrogen-bond donors (Lipinski definition) is 2. The third-order valence-corrected chi connectivity index (χ3v) is 7.27. The third kappa shape index (κ3) is 5.34. The van der Waals surface area contributed by atoms with Crippen LogP contribution in [-0.4, -0.2) is 79.2 Å². The number of aryl methyl sites for hydroxylation is 1. The van der Waals surface area contributed by atoms with Crippen molar-refractivity contribution in [2.45, 2.75) is 44.9 Å². The molecule has 39 heavy (non-hydrogen) atoms. The Hall–Kier alpha value is -3.54. The second-order valence-electron chi connectivity index (χ2n) is 10.8. The van der Waals surface area contributed by atoms with Gasteiger partial charge >= 0.3 is 0 Å². The van der Waals surface area contributed by atoms with Gasteiger partial charge in [-0.05, 0) is 57.6 Å². The number of anilines is 2. The zero-order valence-corrected chi connectivity index (χ0v) is 22.3. The molecule has 1 atom stereocenters. The minimum Gasteiger partial charge on any atom is -0.390 e. The molecular weight excluding hydrogens is 502 g/mol. The molecule has 2 N–H and O–H groups in total. The number of likely N-dealkylation sites (N-methyl/N-ethyl adjacent to an activating group) is 1. The second kappa shape index (κ2) is 10.2. The Morgan fingerprint density at radius 1 is 1.13 bits per heavy atom. The molecule has 0 radical (unpaired) electrons. The van der Waals surface area contributed by atoms with E-state index in [1.807, 2.05) is 42.6 Å². The summed E-state index contributed by atoms with van der Waals surface area (Å²) in [7, 11) is 3.90. The largest absolute Gasteiger partial charge is 0.390 e. The first-order valence-corrected chi connectivity index (χ1v) is 13.3. The smallest absolute Gasteiger partial charge is 0.229 e. The van der Waals surface area contributed by atoms with E-state index in [0.717, 1.165) is 55.6 Å². The predicted molar refractivity (Wildman–Crippen MR) is 145 cm³/mol. The molecule has 0 unspecified atom stereocenters. The van der Waals surface area contributed by atoms with Crippen LogP contribution in [0.25, 0.3) is 22.3 Å². The van der Waals surface area contributed by atoms with E-state index in [0.29, 0.717) is 41.5 Å². The van der Waals surface area contributed by atoms with Crippen LogP contribution in [0.3, 0.4) is 0 Å². The summed E-state index contributed by atoms with van der Waals surface area (Å²) in [5, 5.41) is 13.4. The number of halogens is 2. The zero-order valence-electron chi connectivity index (χ0n) is 22.3. The maximum atomic E-state index is 15.0. The number of rotatable bonds is 8.